The highest BCUT2D eigenvalue weighted by Crippen LogP contribution is 2.38. The summed E-state index contributed by atoms with van der Waals surface area (Å²) < 4.78 is 27.0. The third-order valence-electron chi connectivity index (χ3n) is 5.34. The van der Waals surface area contributed by atoms with Crippen LogP contribution in [0.15, 0.2) is 18.2 Å². The predicted molar refractivity (Wildman–Crippen MR) is 86.5 cm³/mol. The van der Waals surface area contributed by atoms with Crippen molar-refractivity contribution in [3.63, 3.8) is 0 Å². The number of ketones is 1. The van der Waals surface area contributed by atoms with E-state index in [1.807, 2.05) is 4.90 Å². The summed E-state index contributed by atoms with van der Waals surface area (Å²) in [5, 5.41) is 0. The molecule has 5 heteroatoms. The van der Waals surface area contributed by atoms with Gasteiger partial charge in [0.05, 0.1) is 5.56 Å². The number of benzene rings is 1. The fourth-order valence-corrected chi connectivity index (χ4v) is 3.53. The van der Waals surface area contributed by atoms with Crippen molar-refractivity contribution in [1.82, 2.24) is 4.90 Å². The number of piperidine rings is 1. The first-order valence-corrected chi connectivity index (χ1v) is 8.72. The highest BCUT2D eigenvalue weighted by Gasteiger charge is 2.33. The lowest BCUT2D eigenvalue weighted by molar-refractivity contribution is -0.133. The molecule has 0 aromatic heterocycles. The lowest BCUT2D eigenvalue weighted by Gasteiger charge is -2.32. The quantitative estimate of drug-likeness (QED) is 0.767. The van der Waals surface area contributed by atoms with Crippen molar-refractivity contribution in [2.24, 2.45) is 17.8 Å². The maximum atomic E-state index is 13.8. The van der Waals surface area contributed by atoms with Gasteiger partial charge in [-0.1, -0.05) is 6.92 Å². The predicted octanol–water partition coefficient (Wildman–Crippen LogP) is 3.82. The normalized spacial score (nSPS) is 20.0. The Bertz CT molecular complexity index is 634. The third kappa shape index (κ3) is 3.82. The third-order valence-corrected chi connectivity index (χ3v) is 5.34. The molecular formula is C19H23F2NO2. The van der Waals surface area contributed by atoms with Crippen LogP contribution in [-0.4, -0.2) is 29.7 Å². The Morgan fingerprint density at radius 1 is 1.17 bits per heavy atom. The van der Waals surface area contributed by atoms with Crippen LogP contribution >= 0.6 is 0 Å². The first-order valence-electron chi connectivity index (χ1n) is 8.72. The number of Topliss-reactive ketones (excluding diaryl/α,β-unsaturated/α-hetero) is 1. The van der Waals surface area contributed by atoms with E-state index >= 15 is 0 Å². The van der Waals surface area contributed by atoms with Crippen molar-refractivity contribution in [2.75, 3.05) is 13.1 Å². The molecule has 3 rings (SSSR count). The summed E-state index contributed by atoms with van der Waals surface area (Å²) in [5.74, 6) is -0.712. The molecule has 1 heterocycles. The van der Waals surface area contributed by atoms with Gasteiger partial charge in [0, 0.05) is 25.4 Å². The summed E-state index contributed by atoms with van der Waals surface area (Å²) >= 11 is 0. The average Bonchev–Trinajstić information content (AvgIpc) is 3.41. The van der Waals surface area contributed by atoms with E-state index in [0.717, 1.165) is 18.2 Å². The van der Waals surface area contributed by atoms with Crippen LogP contribution in [0.25, 0.3) is 0 Å². The number of amides is 1. The zero-order valence-electron chi connectivity index (χ0n) is 13.9. The fourth-order valence-electron chi connectivity index (χ4n) is 3.53. The topological polar surface area (TPSA) is 37.4 Å². The Kier molecular flexibility index (Phi) is 4.97. The molecule has 1 aliphatic heterocycles. The van der Waals surface area contributed by atoms with Crippen molar-refractivity contribution >= 4 is 11.7 Å². The molecule has 0 bridgehead atoms. The second-order valence-corrected chi connectivity index (χ2v) is 7.16. The molecule has 3 nitrogen and oxygen atoms in total. The molecule has 0 N–H and O–H groups in total. The lowest BCUT2D eigenvalue weighted by Crippen LogP contribution is -2.41. The van der Waals surface area contributed by atoms with Crippen molar-refractivity contribution in [1.29, 1.82) is 0 Å². The minimum absolute atomic E-state index is 0.150. The number of nitrogens with zero attached hydrogens (tertiary/aromatic N) is 1. The number of hydrogen-bond acceptors (Lipinski definition) is 2. The summed E-state index contributed by atoms with van der Waals surface area (Å²) in [5.41, 5.74) is -0.179. The summed E-state index contributed by atoms with van der Waals surface area (Å²) in [6.45, 7) is 3.16. The zero-order chi connectivity index (χ0) is 17.3. The molecule has 1 amide bonds. The highest BCUT2D eigenvalue weighted by molar-refractivity contribution is 5.98. The van der Waals surface area contributed by atoms with Gasteiger partial charge in [0.1, 0.15) is 11.6 Å². The first kappa shape index (κ1) is 17.1. The van der Waals surface area contributed by atoms with Crippen LogP contribution in [0.4, 0.5) is 8.78 Å². The summed E-state index contributed by atoms with van der Waals surface area (Å²) in [6.07, 6.45) is 4.05. The number of likely N-dealkylation sites (tertiary alicyclic amines) is 1. The largest absolute Gasteiger partial charge is 0.343 e. The van der Waals surface area contributed by atoms with Gasteiger partial charge in [-0.25, -0.2) is 8.78 Å². The number of hydrogen-bond donors (Lipinski definition) is 0. The van der Waals surface area contributed by atoms with Gasteiger partial charge in [0.15, 0.2) is 5.78 Å². The standard InChI is InChI=1S/C19H23F2NO2/c1-12(13-2-3-13)10-18(23)22-8-6-14(7-9-22)19(24)16-11-15(20)4-5-17(16)21/h4-5,11-14H,2-3,6-10H2,1H3/t12-/m0/s1. The molecule has 0 radical (unpaired) electrons. The van der Waals surface area contributed by atoms with E-state index in [0.29, 0.717) is 44.2 Å². The average molecular weight is 335 g/mol. The molecule has 130 valence electrons. The van der Waals surface area contributed by atoms with Gasteiger partial charge in [-0.15, -0.1) is 0 Å². The monoisotopic (exact) mass is 335 g/mol. The molecule has 2 fully saturated rings. The van der Waals surface area contributed by atoms with Crippen LogP contribution in [0, 0.1) is 29.4 Å². The van der Waals surface area contributed by atoms with Crippen molar-refractivity contribution in [3.8, 4) is 0 Å². The van der Waals surface area contributed by atoms with E-state index in [1.165, 1.54) is 12.8 Å². The first-order chi connectivity index (χ1) is 11.5. The maximum Gasteiger partial charge on any atom is 0.222 e. The van der Waals surface area contributed by atoms with E-state index in [-0.39, 0.29) is 23.2 Å². The number of rotatable bonds is 5. The molecule has 1 atom stereocenters. The molecule has 1 aromatic carbocycles. The van der Waals surface area contributed by atoms with Crippen LogP contribution in [-0.2, 0) is 4.79 Å². The van der Waals surface area contributed by atoms with Gasteiger partial charge >= 0.3 is 0 Å². The van der Waals surface area contributed by atoms with Crippen molar-refractivity contribution < 1.29 is 18.4 Å². The Labute approximate surface area is 141 Å². The molecule has 24 heavy (non-hydrogen) atoms. The van der Waals surface area contributed by atoms with E-state index in [1.54, 1.807) is 0 Å². The van der Waals surface area contributed by atoms with Gasteiger partial charge in [-0.3, -0.25) is 9.59 Å². The van der Waals surface area contributed by atoms with Gasteiger partial charge in [0.2, 0.25) is 5.91 Å². The van der Waals surface area contributed by atoms with Crippen molar-refractivity contribution in [2.45, 2.75) is 39.0 Å². The Morgan fingerprint density at radius 2 is 1.83 bits per heavy atom. The van der Waals surface area contributed by atoms with Gasteiger partial charge < -0.3 is 4.90 Å². The second kappa shape index (κ2) is 6.99. The van der Waals surface area contributed by atoms with E-state index in [2.05, 4.69) is 6.92 Å². The van der Waals surface area contributed by atoms with E-state index in [4.69, 9.17) is 0 Å². The van der Waals surface area contributed by atoms with Crippen LogP contribution < -0.4 is 0 Å². The summed E-state index contributed by atoms with van der Waals surface area (Å²) in [6, 6.07) is 2.96. The Hall–Kier alpha value is -1.78. The van der Waals surface area contributed by atoms with Crippen molar-refractivity contribution in [3.05, 3.63) is 35.4 Å². The smallest absolute Gasteiger partial charge is 0.222 e. The van der Waals surface area contributed by atoms with Crippen LogP contribution in [0.3, 0.4) is 0 Å². The minimum atomic E-state index is -0.682. The molecule has 2 aliphatic rings. The highest BCUT2D eigenvalue weighted by atomic mass is 19.1. The minimum Gasteiger partial charge on any atom is -0.343 e. The maximum absolute atomic E-state index is 13.8. The fraction of sp³-hybridized carbons (Fsp3) is 0.579. The zero-order valence-corrected chi connectivity index (χ0v) is 13.9. The summed E-state index contributed by atoms with van der Waals surface area (Å²) in [7, 11) is 0. The van der Waals surface area contributed by atoms with Crippen LogP contribution in [0.2, 0.25) is 0 Å². The van der Waals surface area contributed by atoms with Gasteiger partial charge in [-0.2, -0.15) is 0 Å². The SMILES string of the molecule is C[C@@H](CC(=O)N1CCC(C(=O)c2cc(F)ccc2F)CC1)C1CC1. The molecular weight excluding hydrogens is 312 g/mol. The Morgan fingerprint density at radius 3 is 2.46 bits per heavy atom. The summed E-state index contributed by atoms with van der Waals surface area (Å²) in [4.78, 5) is 26.5. The number of carbonyl (C=O) groups excluding carboxylic acids is 2. The Balaban J connectivity index is 1.55. The van der Waals surface area contributed by atoms with Gasteiger partial charge in [-0.05, 0) is 55.7 Å². The lowest BCUT2D eigenvalue weighted by atomic mass is 9.88. The molecule has 1 aliphatic carbocycles. The molecule has 0 spiro atoms. The van der Waals surface area contributed by atoms with Gasteiger partial charge in [0.25, 0.3) is 0 Å². The second-order valence-electron chi connectivity index (χ2n) is 7.16. The molecule has 1 saturated heterocycles. The molecule has 1 aromatic rings. The van der Waals surface area contributed by atoms with Crippen LogP contribution in [0.5, 0.6) is 0 Å². The van der Waals surface area contributed by atoms with E-state index < -0.39 is 11.6 Å². The van der Waals surface area contributed by atoms with Crippen LogP contribution in [0.1, 0.15) is 49.4 Å². The molecule has 1 saturated carbocycles. The number of carbonyl (C=O) groups is 2. The number of halogens is 2. The molecule has 0 unspecified atom stereocenters. The van der Waals surface area contributed by atoms with E-state index in [9.17, 15) is 18.4 Å².